The van der Waals surface area contributed by atoms with Crippen molar-refractivity contribution in [3.63, 3.8) is 0 Å². The fourth-order valence-corrected chi connectivity index (χ4v) is 3.66. The molecule has 0 radical (unpaired) electrons. The van der Waals surface area contributed by atoms with Crippen LogP contribution in [0.3, 0.4) is 0 Å². The highest BCUT2D eigenvalue weighted by Gasteiger charge is 2.42. The third kappa shape index (κ3) is 3.32. The van der Waals surface area contributed by atoms with Crippen molar-refractivity contribution in [2.45, 2.75) is 6.42 Å². The van der Waals surface area contributed by atoms with E-state index in [1.807, 2.05) is 29.3 Å². The highest BCUT2D eigenvalue weighted by atomic mass is 16.5. The van der Waals surface area contributed by atoms with Crippen LogP contribution in [0.2, 0.25) is 0 Å². The molecule has 0 saturated carbocycles. The van der Waals surface area contributed by atoms with Crippen LogP contribution in [-0.4, -0.2) is 65.2 Å². The molecule has 0 bridgehead atoms. The number of carbonyl (C=O) groups is 1. The summed E-state index contributed by atoms with van der Waals surface area (Å²) in [5.41, 5.74) is 0.324. The summed E-state index contributed by atoms with van der Waals surface area (Å²) in [5, 5.41) is 0. The Morgan fingerprint density at radius 3 is 2.88 bits per heavy atom. The van der Waals surface area contributed by atoms with Crippen LogP contribution in [0.15, 0.2) is 43.0 Å². The number of ether oxygens (including phenoxy) is 1. The van der Waals surface area contributed by atoms with Gasteiger partial charge in [0.15, 0.2) is 0 Å². The van der Waals surface area contributed by atoms with E-state index in [1.54, 1.807) is 12.4 Å². The summed E-state index contributed by atoms with van der Waals surface area (Å²) in [6, 6.07) is 5.95. The van der Waals surface area contributed by atoms with E-state index < -0.39 is 0 Å². The Labute approximate surface area is 146 Å². The number of carbonyl (C=O) groups excluding carboxylic acids is 1. The van der Waals surface area contributed by atoms with Gasteiger partial charge in [-0.3, -0.25) is 9.78 Å². The zero-order valence-electron chi connectivity index (χ0n) is 14.0. The Morgan fingerprint density at radius 1 is 1.12 bits per heavy atom. The van der Waals surface area contributed by atoms with E-state index in [9.17, 15) is 4.79 Å². The number of aromatic nitrogens is 3. The zero-order chi connectivity index (χ0) is 17.1. The molecule has 0 N–H and O–H groups in total. The number of anilines is 1. The predicted molar refractivity (Wildman–Crippen MR) is 92.3 cm³/mol. The van der Waals surface area contributed by atoms with Gasteiger partial charge in [0.05, 0.1) is 19.4 Å². The van der Waals surface area contributed by atoms with Crippen LogP contribution in [0.5, 0.6) is 0 Å². The van der Waals surface area contributed by atoms with Gasteiger partial charge in [0, 0.05) is 50.2 Å². The van der Waals surface area contributed by atoms with Crippen LogP contribution in [0.4, 0.5) is 5.82 Å². The van der Waals surface area contributed by atoms with Crippen LogP contribution in [0.1, 0.15) is 16.9 Å². The molecular formula is C18H21N5O2. The average molecular weight is 339 g/mol. The second-order valence-electron chi connectivity index (χ2n) is 6.73. The van der Waals surface area contributed by atoms with Crippen LogP contribution < -0.4 is 4.90 Å². The monoisotopic (exact) mass is 339 g/mol. The second kappa shape index (κ2) is 6.76. The summed E-state index contributed by atoms with van der Waals surface area (Å²) in [6.07, 6.45) is 7.44. The van der Waals surface area contributed by atoms with E-state index in [1.165, 1.54) is 6.20 Å². The number of nitrogens with zero attached hydrogens (tertiary/aromatic N) is 5. The standard InChI is InChI=1S/C18H21N5O2/c24-17(15-11-19-6-7-20-15)23-9-10-25-14-18(13-23)4-8-22(12-18)16-3-1-2-5-21-16/h1-3,5-7,11H,4,8-10,12-14H2/t18-/m0/s1. The first-order valence-electron chi connectivity index (χ1n) is 8.55. The highest BCUT2D eigenvalue weighted by molar-refractivity contribution is 5.92. The minimum Gasteiger partial charge on any atom is -0.379 e. The molecule has 2 aliphatic rings. The van der Waals surface area contributed by atoms with Gasteiger partial charge in [-0.2, -0.15) is 0 Å². The fraction of sp³-hybridized carbons (Fsp3) is 0.444. The topological polar surface area (TPSA) is 71.5 Å². The van der Waals surface area contributed by atoms with E-state index >= 15 is 0 Å². The van der Waals surface area contributed by atoms with Crippen molar-refractivity contribution < 1.29 is 9.53 Å². The van der Waals surface area contributed by atoms with Crippen LogP contribution in [0, 0.1) is 5.41 Å². The molecule has 0 aliphatic carbocycles. The van der Waals surface area contributed by atoms with Gasteiger partial charge in [0.1, 0.15) is 11.5 Å². The van der Waals surface area contributed by atoms with Crippen molar-refractivity contribution in [1.29, 1.82) is 0 Å². The molecular weight excluding hydrogens is 318 g/mol. The van der Waals surface area contributed by atoms with Gasteiger partial charge in [0.25, 0.3) is 5.91 Å². The summed E-state index contributed by atoms with van der Waals surface area (Å²) in [6.45, 7) is 4.24. The van der Waals surface area contributed by atoms with E-state index in [2.05, 4.69) is 19.9 Å². The molecule has 130 valence electrons. The highest BCUT2D eigenvalue weighted by Crippen LogP contribution is 2.35. The van der Waals surface area contributed by atoms with Crippen molar-refractivity contribution in [1.82, 2.24) is 19.9 Å². The number of amides is 1. The molecule has 0 unspecified atom stereocenters. The van der Waals surface area contributed by atoms with Gasteiger partial charge in [0.2, 0.25) is 0 Å². The fourth-order valence-electron chi connectivity index (χ4n) is 3.66. The summed E-state index contributed by atoms with van der Waals surface area (Å²) >= 11 is 0. The molecule has 2 aromatic rings. The molecule has 1 spiro atoms. The molecule has 2 fully saturated rings. The number of pyridine rings is 1. The molecule has 0 aromatic carbocycles. The predicted octanol–water partition coefficient (Wildman–Crippen LogP) is 1.24. The average Bonchev–Trinajstić information content (AvgIpc) is 2.97. The minimum absolute atomic E-state index is 0.0636. The molecule has 4 rings (SSSR count). The van der Waals surface area contributed by atoms with Crippen molar-refractivity contribution in [2.24, 2.45) is 5.41 Å². The molecule has 1 amide bonds. The lowest BCUT2D eigenvalue weighted by Crippen LogP contribution is -2.43. The maximum atomic E-state index is 12.8. The Kier molecular flexibility index (Phi) is 4.31. The lowest BCUT2D eigenvalue weighted by atomic mass is 9.87. The molecule has 2 aromatic heterocycles. The molecule has 4 heterocycles. The molecule has 2 saturated heterocycles. The summed E-state index contributed by atoms with van der Waals surface area (Å²) in [5.74, 6) is 0.907. The first kappa shape index (κ1) is 16.0. The maximum Gasteiger partial charge on any atom is 0.274 e. The quantitative estimate of drug-likeness (QED) is 0.820. The van der Waals surface area contributed by atoms with Gasteiger partial charge in [-0.15, -0.1) is 0 Å². The molecule has 7 nitrogen and oxygen atoms in total. The van der Waals surface area contributed by atoms with Crippen LogP contribution >= 0.6 is 0 Å². The van der Waals surface area contributed by atoms with Gasteiger partial charge in [-0.1, -0.05) is 6.07 Å². The normalized spacial score (nSPS) is 23.7. The van der Waals surface area contributed by atoms with Gasteiger partial charge < -0.3 is 14.5 Å². The lowest BCUT2D eigenvalue weighted by molar-refractivity contribution is 0.0685. The maximum absolute atomic E-state index is 12.8. The van der Waals surface area contributed by atoms with Crippen molar-refractivity contribution >= 4 is 11.7 Å². The third-order valence-electron chi connectivity index (χ3n) is 4.92. The van der Waals surface area contributed by atoms with E-state index in [-0.39, 0.29) is 11.3 Å². The lowest BCUT2D eigenvalue weighted by Gasteiger charge is -2.31. The molecule has 7 heteroatoms. The van der Waals surface area contributed by atoms with Crippen molar-refractivity contribution in [2.75, 3.05) is 44.3 Å². The largest absolute Gasteiger partial charge is 0.379 e. The van der Waals surface area contributed by atoms with Crippen LogP contribution in [0.25, 0.3) is 0 Å². The molecule has 25 heavy (non-hydrogen) atoms. The van der Waals surface area contributed by atoms with Gasteiger partial charge in [-0.25, -0.2) is 9.97 Å². The number of hydrogen-bond acceptors (Lipinski definition) is 6. The van der Waals surface area contributed by atoms with Crippen molar-refractivity contribution in [3.05, 3.63) is 48.7 Å². The van der Waals surface area contributed by atoms with Crippen molar-refractivity contribution in [3.8, 4) is 0 Å². The number of hydrogen-bond donors (Lipinski definition) is 0. The van der Waals surface area contributed by atoms with E-state index in [4.69, 9.17) is 4.74 Å². The zero-order valence-corrected chi connectivity index (χ0v) is 14.0. The minimum atomic E-state index is -0.0748. The van der Waals surface area contributed by atoms with Gasteiger partial charge in [-0.05, 0) is 18.6 Å². The molecule has 2 aliphatic heterocycles. The summed E-state index contributed by atoms with van der Waals surface area (Å²) in [7, 11) is 0. The van der Waals surface area contributed by atoms with Gasteiger partial charge >= 0.3 is 0 Å². The first-order chi connectivity index (χ1) is 12.3. The number of rotatable bonds is 2. The Morgan fingerprint density at radius 2 is 2.08 bits per heavy atom. The smallest absolute Gasteiger partial charge is 0.274 e. The summed E-state index contributed by atoms with van der Waals surface area (Å²) < 4.78 is 5.86. The third-order valence-corrected chi connectivity index (χ3v) is 4.92. The van der Waals surface area contributed by atoms with Crippen LogP contribution in [-0.2, 0) is 4.74 Å². The first-order valence-corrected chi connectivity index (χ1v) is 8.55. The molecule has 1 atom stereocenters. The SMILES string of the molecule is O=C(c1cnccn1)N1CCOC[C@]2(CCN(c3ccccn3)C2)C1. The van der Waals surface area contributed by atoms with E-state index in [0.29, 0.717) is 32.0 Å². The van der Waals surface area contributed by atoms with E-state index in [0.717, 1.165) is 25.3 Å². The Bertz CT molecular complexity index is 727. The second-order valence-corrected chi connectivity index (χ2v) is 6.73. The Balaban J connectivity index is 1.51. The summed E-state index contributed by atoms with van der Waals surface area (Å²) in [4.78, 5) is 29.5. The Hall–Kier alpha value is -2.54.